The van der Waals surface area contributed by atoms with E-state index in [-0.39, 0.29) is 12.1 Å². The number of benzene rings is 1. The van der Waals surface area contributed by atoms with E-state index in [2.05, 4.69) is 20.4 Å². The van der Waals surface area contributed by atoms with Crippen LogP contribution in [0.4, 0.5) is 10.5 Å². The number of amides is 2. The second-order valence-electron chi connectivity index (χ2n) is 6.37. The van der Waals surface area contributed by atoms with Crippen LogP contribution >= 0.6 is 11.6 Å². The maximum absolute atomic E-state index is 13.0. The fourth-order valence-electron chi connectivity index (χ4n) is 3.12. The fourth-order valence-corrected chi connectivity index (χ4v) is 3.28. The van der Waals surface area contributed by atoms with Gasteiger partial charge >= 0.3 is 6.03 Å². The number of hydrogen-bond donors (Lipinski definition) is 1. The Hall–Kier alpha value is -2.97. The molecule has 1 aromatic carbocycles. The van der Waals surface area contributed by atoms with Gasteiger partial charge in [-0.2, -0.15) is 5.10 Å². The summed E-state index contributed by atoms with van der Waals surface area (Å²) < 4.78 is 7.36. The highest BCUT2D eigenvalue weighted by Crippen LogP contribution is 2.27. The molecule has 8 nitrogen and oxygen atoms in total. The van der Waals surface area contributed by atoms with Gasteiger partial charge in [-0.15, -0.1) is 0 Å². The van der Waals surface area contributed by atoms with Gasteiger partial charge in [-0.1, -0.05) is 29.8 Å². The van der Waals surface area contributed by atoms with Crippen LogP contribution in [0, 0.1) is 6.92 Å². The number of carbonyl (C=O) groups excluding carboxylic acids is 1. The number of anilines is 1. The van der Waals surface area contributed by atoms with E-state index in [1.807, 2.05) is 37.3 Å². The lowest BCUT2D eigenvalue weighted by molar-refractivity contribution is 0.0110. The highest BCUT2D eigenvalue weighted by atomic mass is 35.5. The molecule has 1 atom stereocenters. The number of aromatic nitrogens is 4. The molecule has 3 aromatic rings. The number of halogens is 1. The Bertz CT molecular complexity index is 978. The minimum atomic E-state index is -0.371. The zero-order valence-electron chi connectivity index (χ0n) is 15.2. The molecule has 28 heavy (non-hydrogen) atoms. The first-order chi connectivity index (χ1) is 13.6. The zero-order chi connectivity index (χ0) is 19.5. The monoisotopic (exact) mass is 398 g/mol. The summed E-state index contributed by atoms with van der Waals surface area (Å²) in [6.07, 6.45) is 4.62. The molecule has 0 spiro atoms. The second kappa shape index (κ2) is 7.95. The third kappa shape index (κ3) is 3.56. The normalized spacial score (nSPS) is 16.8. The molecule has 144 valence electrons. The van der Waals surface area contributed by atoms with E-state index in [1.165, 1.54) is 6.33 Å². The van der Waals surface area contributed by atoms with E-state index in [0.717, 1.165) is 11.3 Å². The molecule has 2 amide bonds. The highest BCUT2D eigenvalue weighted by Gasteiger charge is 2.32. The Morgan fingerprint density at radius 2 is 2.11 bits per heavy atom. The molecule has 2 aromatic heterocycles. The average molecular weight is 399 g/mol. The Kier molecular flexibility index (Phi) is 5.23. The van der Waals surface area contributed by atoms with Gasteiger partial charge in [-0.05, 0) is 24.6 Å². The molecule has 0 aliphatic carbocycles. The maximum Gasteiger partial charge on any atom is 0.322 e. The molecule has 0 saturated carbocycles. The van der Waals surface area contributed by atoms with Gasteiger partial charge in [0.1, 0.15) is 12.4 Å². The standard InChI is InChI=1S/C19H19ClN6O2/c1-13-15(20)9-21-10-16(13)24-19(27)25-7-8-28-11-17(25)18-22-12-23-26(18)14-5-3-2-4-6-14/h2-6,9-10,12,17H,7-8,11H2,1H3,(H,24,27). The number of pyridine rings is 1. The minimum Gasteiger partial charge on any atom is -0.377 e. The van der Waals surface area contributed by atoms with Crippen molar-refractivity contribution >= 4 is 23.3 Å². The van der Waals surface area contributed by atoms with Gasteiger partial charge < -0.3 is 15.0 Å². The van der Waals surface area contributed by atoms with Crippen molar-refractivity contribution < 1.29 is 9.53 Å². The summed E-state index contributed by atoms with van der Waals surface area (Å²) in [7, 11) is 0. The summed E-state index contributed by atoms with van der Waals surface area (Å²) >= 11 is 6.11. The largest absolute Gasteiger partial charge is 0.377 e. The average Bonchev–Trinajstić information content (AvgIpc) is 3.22. The molecule has 0 radical (unpaired) electrons. The SMILES string of the molecule is Cc1c(Cl)cncc1NC(=O)N1CCOCC1c1ncnn1-c1ccccc1. The summed E-state index contributed by atoms with van der Waals surface area (Å²) in [4.78, 5) is 23.2. The highest BCUT2D eigenvalue weighted by molar-refractivity contribution is 6.31. The summed E-state index contributed by atoms with van der Waals surface area (Å²) in [6, 6.07) is 9.03. The number of ether oxygens (including phenoxy) is 1. The lowest BCUT2D eigenvalue weighted by atomic mass is 10.2. The van der Waals surface area contributed by atoms with Crippen molar-refractivity contribution in [2.45, 2.75) is 13.0 Å². The van der Waals surface area contributed by atoms with E-state index in [0.29, 0.717) is 36.3 Å². The number of para-hydroxylation sites is 1. The maximum atomic E-state index is 13.0. The van der Waals surface area contributed by atoms with Crippen molar-refractivity contribution in [3.8, 4) is 5.69 Å². The van der Waals surface area contributed by atoms with Crippen molar-refractivity contribution in [1.82, 2.24) is 24.6 Å². The summed E-state index contributed by atoms with van der Waals surface area (Å²) in [5.41, 5.74) is 2.21. The van der Waals surface area contributed by atoms with Crippen molar-refractivity contribution in [1.29, 1.82) is 0 Å². The smallest absolute Gasteiger partial charge is 0.322 e. The predicted octanol–water partition coefficient (Wildman–Crippen LogP) is 3.23. The van der Waals surface area contributed by atoms with E-state index in [9.17, 15) is 4.79 Å². The predicted molar refractivity (Wildman–Crippen MR) is 105 cm³/mol. The first-order valence-corrected chi connectivity index (χ1v) is 9.24. The topological polar surface area (TPSA) is 85.2 Å². The van der Waals surface area contributed by atoms with Gasteiger partial charge in [0.05, 0.1) is 35.8 Å². The molecule has 3 heterocycles. The lowest BCUT2D eigenvalue weighted by Gasteiger charge is -2.35. The molecular weight excluding hydrogens is 380 g/mol. The minimum absolute atomic E-state index is 0.261. The van der Waals surface area contributed by atoms with E-state index < -0.39 is 0 Å². The van der Waals surface area contributed by atoms with E-state index in [1.54, 1.807) is 22.0 Å². The molecule has 1 unspecified atom stereocenters. The lowest BCUT2D eigenvalue weighted by Crippen LogP contribution is -2.46. The van der Waals surface area contributed by atoms with Crippen molar-refractivity contribution in [2.24, 2.45) is 0 Å². The third-order valence-corrected chi connectivity index (χ3v) is 5.04. The van der Waals surface area contributed by atoms with Crippen LogP contribution in [-0.4, -0.2) is 50.4 Å². The quantitative estimate of drug-likeness (QED) is 0.732. The van der Waals surface area contributed by atoms with E-state index >= 15 is 0 Å². The first kappa shape index (κ1) is 18.4. The number of hydrogen-bond acceptors (Lipinski definition) is 5. The number of nitrogens with one attached hydrogen (secondary N) is 1. The van der Waals surface area contributed by atoms with Gasteiger partial charge in [0.25, 0.3) is 0 Å². The van der Waals surface area contributed by atoms with Gasteiger partial charge in [0.2, 0.25) is 0 Å². The Labute approximate surface area is 167 Å². The summed E-state index contributed by atoms with van der Waals surface area (Å²) in [5.74, 6) is 0.641. The van der Waals surface area contributed by atoms with Crippen molar-refractivity contribution in [3.05, 3.63) is 65.5 Å². The molecule has 1 aliphatic heterocycles. The van der Waals surface area contributed by atoms with E-state index in [4.69, 9.17) is 16.3 Å². The Balaban J connectivity index is 1.62. The fraction of sp³-hybridized carbons (Fsp3) is 0.263. The number of nitrogens with zero attached hydrogens (tertiary/aromatic N) is 5. The Morgan fingerprint density at radius 3 is 2.93 bits per heavy atom. The number of rotatable bonds is 3. The molecule has 0 bridgehead atoms. The molecule has 1 N–H and O–H groups in total. The van der Waals surface area contributed by atoms with Crippen LogP contribution in [0.2, 0.25) is 5.02 Å². The number of morpholine rings is 1. The first-order valence-electron chi connectivity index (χ1n) is 8.86. The van der Waals surface area contributed by atoms with Crippen LogP contribution in [0.1, 0.15) is 17.4 Å². The van der Waals surface area contributed by atoms with Gasteiger partial charge in [0, 0.05) is 12.7 Å². The molecule has 1 saturated heterocycles. The molecule has 1 aliphatic rings. The van der Waals surface area contributed by atoms with Crippen LogP contribution in [0.25, 0.3) is 5.69 Å². The zero-order valence-corrected chi connectivity index (χ0v) is 16.0. The van der Waals surface area contributed by atoms with Crippen LogP contribution < -0.4 is 5.32 Å². The van der Waals surface area contributed by atoms with Crippen molar-refractivity contribution in [2.75, 3.05) is 25.1 Å². The summed E-state index contributed by atoms with van der Waals surface area (Å²) in [5, 5.41) is 7.73. The molecule has 4 rings (SSSR count). The third-order valence-electron chi connectivity index (χ3n) is 4.66. The molecule has 1 fully saturated rings. The molecule has 9 heteroatoms. The van der Waals surface area contributed by atoms with Crippen LogP contribution in [-0.2, 0) is 4.74 Å². The number of carbonyl (C=O) groups is 1. The second-order valence-corrected chi connectivity index (χ2v) is 6.78. The molecular formula is C19H19ClN6O2. The van der Waals surface area contributed by atoms with Crippen LogP contribution in [0.5, 0.6) is 0 Å². The number of urea groups is 1. The Morgan fingerprint density at radius 1 is 1.29 bits per heavy atom. The summed E-state index contributed by atoms with van der Waals surface area (Å²) in [6.45, 7) is 3.07. The van der Waals surface area contributed by atoms with Gasteiger partial charge in [-0.25, -0.2) is 14.5 Å². The van der Waals surface area contributed by atoms with Gasteiger partial charge in [-0.3, -0.25) is 4.98 Å². The van der Waals surface area contributed by atoms with Crippen LogP contribution in [0.15, 0.2) is 49.1 Å². The van der Waals surface area contributed by atoms with Crippen molar-refractivity contribution in [3.63, 3.8) is 0 Å². The van der Waals surface area contributed by atoms with Crippen LogP contribution in [0.3, 0.4) is 0 Å². The van der Waals surface area contributed by atoms with Gasteiger partial charge in [0.15, 0.2) is 5.82 Å².